The van der Waals surface area contributed by atoms with Crippen LogP contribution in [0.2, 0.25) is 0 Å². The fourth-order valence-corrected chi connectivity index (χ4v) is 15.7. The fourth-order valence-electron chi connectivity index (χ4n) is 15.7. The minimum absolute atomic E-state index is 0.0342. The molecule has 15 heteroatoms. The zero-order valence-electron chi connectivity index (χ0n) is 52.7. The molecule has 7 aromatic rings. The van der Waals surface area contributed by atoms with Crippen molar-refractivity contribution in [2.24, 2.45) is 5.92 Å². The lowest BCUT2D eigenvalue weighted by molar-refractivity contribution is -0.141. The molecule has 6 aromatic carbocycles. The van der Waals surface area contributed by atoms with Crippen molar-refractivity contribution in [2.45, 2.75) is 138 Å². The van der Waals surface area contributed by atoms with E-state index in [9.17, 15) is 30.6 Å². The number of ether oxygens (including phenoxy) is 4. The van der Waals surface area contributed by atoms with Gasteiger partial charge in [-0.15, -0.1) is 0 Å². The van der Waals surface area contributed by atoms with E-state index in [1.807, 2.05) is 62.6 Å². The van der Waals surface area contributed by atoms with E-state index < -0.39 is 35.6 Å². The van der Waals surface area contributed by atoms with Crippen LogP contribution in [0.25, 0.3) is 28.1 Å². The first-order chi connectivity index (χ1) is 44.3. The van der Waals surface area contributed by atoms with Gasteiger partial charge >= 0.3 is 0 Å². The third-order valence-corrected chi connectivity index (χ3v) is 19.8. The predicted octanol–water partition coefficient (Wildman–Crippen LogP) is 10.0. The topological polar surface area (TPSA) is 222 Å². The highest BCUT2D eigenvalue weighted by Gasteiger charge is 2.55. The first-order valence-corrected chi connectivity index (χ1v) is 32.8. The summed E-state index contributed by atoms with van der Waals surface area (Å²) in [4.78, 5) is 3.41. The maximum atomic E-state index is 12.6. The number of aromatic amines is 1. The third kappa shape index (κ3) is 12.3. The SMILES string of the molecule is CNCOC12Cc3c4c(c5c(c3OC1c1cc(CC3C=CC(CO)c6ccccc63)c(O)c(c1)OC(CO)CC#CC2NCNCC(C)(O)CC(C)C)CCC(CO)O5)-c1ccc(O)c2c1C(C4)C(c1ccc3[nH]ccc3c1)C(CNCCCc1ccccc1)=C2. The number of benzene rings is 6. The van der Waals surface area contributed by atoms with Crippen LogP contribution in [-0.2, 0) is 36.8 Å². The number of phenolic OH excluding ortho intramolecular Hbond substituents is 2. The lowest BCUT2D eigenvalue weighted by Gasteiger charge is -2.50. The largest absolute Gasteiger partial charge is 0.507 e. The number of allylic oxidation sites excluding steroid dienone is 1. The number of hydrogen-bond donors (Lipinski definition) is 11. The second-order valence-corrected chi connectivity index (χ2v) is 26.7. The number of aliphatic hydroxyl groups is 4. The Bertz CT molecular complexity index is 3920. The summed E-state index contributed by atoms with van der Waals surface area (Å²) in [6.45, 7) is 7.50. The van der Waals surface area contributed by atoms with Crippen molar-refractivity contribution in [3.8, 4) is 51.7 Å². The van der Waals surface area contributed by atoms with E-state index in [-0.39, 0.29) is 92.9 Å². The van der Waals surface area contributed by atoms with Gasteiger partial charge in [-0.1, -0.05) is 105 Å². The van der Waals surface area contributed by atoms with E-state index in [4.69, 9.17) is 18.9 Å². The number of aromatic hydroxyl groups is 2. The molecule has 0 spiro atoms. The molecule has 0 amide bonds. The Morgan fingerprint density at radius 2 is 1.63 bits per heavy atom. The molecule has 91 heavy (non-hydrogen) atoms. The maximum absolute atomic E-state index is 12.6. The third-order valence-electron chi connectivity index (χ3n) is 19.8. The molecule has 0 saturated heterocycles. The smallest absolute Gasteiger partial charge is 0.162 e. The van der Waals surface area contributed by atoms with Crippen molar-refractivity contribution in [1.29, 1.82) is 0 Å². The van der Waals surface area contributed by atoms with Crippen molar-refractivity contribution in [1.82, 2.24) is 26.3 Å². The van der Waals surface area contributed by atoms with Gasteiger partial charge in [-0.2, -0.15) is 0 Å². The van der Waals surface area contributed by atoms with Gasteiger partial charge in [0.15, 0.2) is 17.6 Å². The summed E-state index contributed by atoms with van der Waals surface area (Å²) in [5.41, 5.74) is 12.2. The number of aromatic nitrogens is 1. The number of rotatable bonds is 22. The summed E-state index contributed by atoms with van der Waals surface area (Å²) >= 11 is 0. The van der Waals surface area contributed by atoms with Crippen LogP contribution in [0.3, 0.4) is 0 Å². The molecule has 10 unspecified atom stereocenters. The summed E-state index contributed by atoms with van der Waals surface area (Å²) < 4.78 is 29.3. The Labute approximate surface area is 533 Å². The van der Waals surface area contributed by atoms with Gasteiger partial charge in [0, 0.05) is 84.3 Å². The molecule has 0 radical (unpaired) electrons. The molecule has 0 saturated carbocycles. The second-order valence-electron chi connectivity index (χ2n) is 26.7. The van der Waals surface area contributed by atoms with Crippen LogP contribution in [0.1, 0.15) is 137 Å². The first kappa shape index (κ1) is 62.4. The van der Waals surface area contributed by atoms with Crippen molar-refractivity contribution in [2.75, 3.05) is 59.9 Å². The quantitative estimate of drug-likeness (QED) is 0.0132. The van der Waals surface area contributed by atoms with E-state index in [1.165, 1.54) is 11.1 Å². The summed E-state index contributed by atoms with van der Waals surface area (Å²) in [7, 11) is 1.85. The van der Waals surface area contributed by atoms with E-state index in [1.54, 1.807) is 0 Å². The summed E-state index contributed by atoms with van der Waals surface area (Å²) in [6.07, 6.45) is 11.0. The number of aryl methyl sites for hydroxylation is 1. The lowest BCUT2D eigenvalue weighted by atomic mass is 9.62. The van der Waals surface area contributed by atoms with Crippen molar-refractivity contribution >= 4 is 17.0 Å². The molecule has 15 nitrogen and oxygen atoms in total. The molecule has 3 aliphatic carbocycles. The Morgan fingerprint density at radius 3 is 2.42 bits per heavy atom. The van der Waals surface area contributed by atoms with Gasteiger partial charge in [-0.3, -0.25) is 10.6 Å². The van der Waals surface area contributed by atoms with Gasteiger partial charge in [0.1, 0.15) is 41.1 Å². The highest BCUT2D eigenvalue weighted by atomic mass is 16.6. The number of fused-ring (bicyclic) bond motifs is 13. The Hall–Kier alpha value is -7.46. The van der Waals surface area contributed by atoms with E-state index in [0.717, 1.165) is 85.9 Å². The summed E-state index contributed by atoms with van der Waals surface area (Å²) in [5.74, 6) is 8.35. The zero-order chi connectivity index (χ0) is 63.0. The van der Waals surface area contributed by atoms with Gasteiger partial charge in [-0.05, 0) is 181 Å². The minimum Gasteiger partial charge on any atom is -0.507 e. The molecule has 4 heterocycles. The molecule has 2 bridgehead atoms. The van der Waals surface area contributed by atoms with Crippen molar-refractivity contribution < 1.29 is 49.6 Å². The van der Waals surface area contributed by atoms with Gasteiger partial charge in [0.2, 0.25) is 0 Å². The predicted molar refractivity (Wildman–Crippen MR) is 355 cm³/mol. The van der Waals surface area contributed by atoms with Crippen LogP contribution in [0.5, 0.6) is 28.7 Å². The highest BCUT2D eigenvalue weighted by Crippen LogP contribution is 2.62. The van der Waals surface area contributed by atoms with Gasteiger partial charge in [0.25, 0.3) is 0 Å². The van der Waals surface area contributed by atoms with E-state index >= 15 is 0 Å². The average molecular weight is 1230 g/mol. The summed E-state index contributed by atoms with van der Waals surface area (Å²) in [5, 5.41) is 84.4. The van der Waals surface area contributed by atoms with E-state index in [2.05, 4.69) is 131 Å². The highest BCUT2D eigenvalue weighted by molar-refractivity contribution is 5.90. The normalized spacial score (nSPS) is 24.1. The molecule has 3 aliphatic heterocycles. The molecule has 10 atom stereocenters. The van der Waals surface area contributed by atoms with Gasteiger partial charge < -0.3 is 65.2 Å². The van der Waals surface area contributed by atoms with Crippen LogP contribution in [0.4, 0.5) is 0 Å². The van der Waals surface area contributed by atoms with Gasteiger partial charge in [-0.25, -0.2) is 0 Å². The number of nitrogens with one attached hydrogen (secondary N) is 5. The van der Waals surface area contributed by atoms with Crippen LogP contribution in [0, 0.1) is 17.8 Å². The Morgan fingerprint density at radius 1 is 0.824 bits per heavy atom. The van der Waals surface area contributed by atoms with E-state index in [0.29, 0.717) is 67.8 Å². The number of phenols is 2. The average Bonchev–Trinajstić information content (AvgIpc) is 0.917. The molecular weight excluding hydrogens is 1140 g/mol. The van der Waals surface area contributed by atoms with Gasteiger partial charge in [0.05, 0.1) is 32.2 Å². The zero-order valence-corrected chi connectivity index (χ0v) is 52.7. The molecule has 11 N–H and O–H groups in total. The lowest BCUT2D eigenvalue weighted by Crippen LogP contribution is -2.62. The minimum atomic E-state index is -1.37. The molecule has 1 aromatic heterocycles. The standard InChI is InChI=1S/C76H87N5O10/c1-45(2)36-75(3,87)42-79-43-81-67-18-10-15-54(40-83)89-66-34-52(32-51(71(66)86)30-47-19-20-50(39-82)57-17-9-8-16-56(47)57)74-76(67,88-44-77-4)37-63-60-35-62-68(49-21-25-64-48(31-49)27-29-80-64)53(38-78-28-11-14-46-12-6-5-7-13-46)33-61-65(85)26-24-58(69(61)62)70(60)73-59(72(63)91-74)23-22-55(41-84)90-73/h5-9,12-13,16-17,19-21,24-27,29,31-34,45,47,50,54-55,62,67-68,74,77-87H,11,14-15,22-23,28,30,35-44H2,1-4H3. The van der Waals surface area contributed by atoms with Crippen molar-refractivity contribution in [3.05, 3.63) is 188 Å². The summed E-state index contributed by atoms with van der Waals surface area (Å²) in [6, 6.07) is 34.5. The van der Waals surface area contributed by atoms with Crippen LogP contribution >= 0.6 is 0 Å². The molecule has 476 valence electrons. The van der Waals surface area contributed by atoms with Crippen molar-refractivity contribution in [3.63, 3.8) is 0 Å². The molecule has 6 aliphatic rings. The number of H-pyrrole nitrogens is 1. The fraction of sp³-hybridized carbons (Fsp3) is 0.421. The van der Waals surface area contributed by atoms with Crippen LogP contribution in [-0.4, -0.2) is 125 Å². The maximum Gasteiger partial charge on any atom is 0.162 e. The Balaban J connectivity index is 0.995. The first-order valence-electron chi connectivity index (χ1n) is 32.8. The molecule has 0 fully saturated rings. The van der Waals surface area contributed by atoms with Crippen LogP contribution in [0.15, 0.2) is 127 Å². The monoisotopic (exact) mass is 1230 g/mol. The molecule has 13 rings (SSSR count). The van der Waals surface area contributed by atoms with Crippen LogP contribution < -0.4 is 35.5 Å². The second kappa shape index (κ2) is 26.6. The number of hydrogen-bond acceptors (Lipinski definition) is 14. The number of aliphatic hydroxyl groups excluding tert-OH is 3. The molecular formula is C76H87N5O10. The Kier molecular flexibility index (Phi) is 18.3.